The number of rotatable bonds is 9. The molecule has 0 spiro atoms. The molecular formula is C81H65N3. The van der Waals surface area contributed by atoms with Crippen molar-refractivity contribution in [3.8, 4) is 61.3 Å². The lowest BCUT2D eigenvalue weighted by molar-refractivity contribution is 0.564. The molecule has 0 bridgehead atoms. The van der Waals surface area contributed by atoms with Gasteiger partial charge in [-0.15, -0.1) is 0 Å². The molecule has 12 aromatic rings. The maximum Gasteiger partial charge on any atom is 0.133 e. The van der Waals surface area contributed by atoms with E-state index in [0.29, 0.717) is 5.92 Å². The Labute approximate surface area is 493 Å². The lowest BCUT2D eigenvalue weighted by atomic mass is 9.78. The highest BCUT2D eigenvalue weighted by Gasteiger charge is 2.38. The van der Waals surface area contributed by atoms with Gasteiger partial charge < -0.3 is 4.57 Å². The van der Waals surface area contributed by atoms with Crippen molar-refractivity contribution < 1.29 is 0 Å². The van der Waals surface area contributed by atoms with E-state index in [1.807, 2.05) is 0 Å². The van der Waals surface area contributed by atoms with Gasteiger partial charge in [-0.3, -0.25) is 0 Å². The fourth-order valence-electron chi connectivity index (χ4n) is 14.3. The lowest BCUT2D eigenvalue weighted by Crippen LogP contribution is -2.26. The minimum Gasteiger partial charge on any atom is -0.309 e. The molecule has 1 aromatic heterocycles. The maximum absolute atomic E-state index is 6.02. The molecular weight excluding hydrogens is 1010 g/mol. The smallest absolute Gasteiger partial charge is 0.133 e. The van der Waals surface area contributed by atoms with E-state index in [0.717, 1.165) is 60.5 Å². The predicted octanol–water partition coefficient (Wildman–Crippen LogP) is 20.6. The highest BCUT2D eigenvalue weighted by molar-refractivity contribution is 6.12. The molecule has 0 radical (unpaired) electrons. The summed E-state index contributed by atoms with van der Waals surface area (Å²) in [6.45, 7) is 4.86. The van der Waals surface area contributed by atoms with Crippen molar-refractivity contribution in [2.75, 3.05) is 0 Å². The first-order valence-corrected chi connectivity index (χ1v) is 30.2. The molecule has 0 saturated heterocycles. The number of nitrogens with zero attached hydrogens (tertiary/aromatic N) is 3. The van der Waals surface area contributed by atoms with E-state index in [9.17, 15) is 0 Å². The molecule has 15 rings (SSSR count). The topological polar surface area (TPSA) is 29.6 Å². The number of allylic oxidation sites excluding steroid dienone is 1. The Balaban J connectivity index is 0.944. The summed E-state index contributed by atoms with van der Waals surface area (Å²) < 4.78 is 2.60. The van der Waals surface area contributed by atoms with Crippen LogP contribution in [-0.4, -0.2) is 16.1 Å². The molecule has 2 aliphatic carbocycles. The minimum atomic E-state index is -0.0717. The van der Waals surface area contributed by atoms with E-state index in [4.69, 9.17) is 9.98 Å². The summed E-state index contributed by atoms with van der Waals surface area (Å²) in [5.74, 6) is 1.25. The third kappa shape index (κ3) is 9.35. The molecule has 0 N–H and O–H groups in total. The van der Waals surface area contributed by atoms with Crippen molar-refractivity contribution in [1.82, 2.24) is 4.57 Å². The predicted molar refractivity (Wildman–Crippen MR) is 353 cm³/mol. The molecule has 2 heterocycles. The fourth-order valence-corrected chi connectivity index (χ4v) is 14.3. The van der Waals surface area contributed by atoms with Crippen LogP contribution in [0.4, 0.5) is 0 Å². The molecule has 11 aromatic carbocycles. The van der Waals surface area contributed by atoms with Gasteiger partial charge >= 0.3 is 0 Å². The maximum atomic E-state index is 6.02. The number of fused-ring (bicyclic) bond motifs is 10. The summed E-state index contributed by atoms with van der Waals surface area (Å²) in [5, 5.41) is 2.53. The highest BCUT2D eigenvalue weighted by Crippen LogP contribution is 2.53. The zero-order chi connectivity index (χ0) is 56.1. The van der Waals surface area contributed by atoms with Crippen LogP contribution in [0, 0.1) is 11.8 Å². The van der Waals surface area contributed by atoms with Gasteiger partial charge in [-0.05, 0) is 157 Å². The molecule has 0 amide bonds. The number of hydrogen-bond donors (Lipinski definition) is 0. The van der Waals surface area contributed by atoms with E-state index >= 15 is 0 Å². The Morgan fingerprint density at radius 1 is 0.452 bits per heavy atom. The van der Waals surface area contributed by atoms with E-state index in [2.05, 4.69) is 291 Å². The van der Waals surface area contributed by atoms with Gasteiger partial charge in [0.05, 0.1) is 28.1 Å². The van der Waals surface area contributed by atoms with Gasteiger partial charge in [-0.1, -0.05) is 263 Å². The van der Waals surface area contributed by atoms with Gasteiger partial charge in [0.25, 0.3) is 0 Å². The van der Waals surface area contributed by atoms with Crippen LogP contribution in [0.3, 0.4) is 0 Å². The first-order chi connectivity index (χ1) is 41.5. The number of benzene rings is 11. The molecule has 3 nitrogen and oxygen atoms in total. The fraction of sp³-hybridized carbons (Fsp3) is 0.136. The first kappa shape index (κ1) is 51.2. The quantitative estimate of drug-likeness (QED) is 0.138. The van der Waals surface area contributed by atoms with E-state index in [1.54, 1.807) is 0 Å². The van der Waals surface area contributed by atoms with E-state index < -0.39 is 0 Å². The second-order valence-electron chi connectivity index (χ2n) is 23.5. The standard InChI is InChI=1S/C81H65N3/c1-53-37-48-74(61-44-42-60(43-45-61)57-23-8-4-9-24-57)82-81(83-80(53)65-29-20-28-62(50-65)58-25-10-5-11-26-58)72-51-63-27-12-13-31-67(63)73-52-77(84-75-35-18-16-32-68(75)69-33-17-19-36-76(69)84)79-70-34-15-14-30-66(70)64(46-47-71(79)78(73)54(72)2)49-55-38-40-59(41-39-55)56-21-6-3-7-22-56/h3-36,38-45,48,50,52-54,64,72H,37,46-47,49,51H2,1-2H3/b74-48+,82-81-,83-80+. The second-order valence-corrected chi connectivity index (χ2v) is 23.5. The Bertz CT molecular complexity index is 4470. The zero-order valence-electron chi connectivity index (χ0n) is 47.7. The van der Waals surface area contributed by atoms with Crippen molar-refractivity contribution in [1.29, 1.82) is 0 Å². The molecule has 1 aliphatic heterocycles. The number of aromatic nitrogens is 1. The molecule has 4 atom stereocenters. The van der Waals surface area contributed by atoms with Gasteiger partial charge in [0.15, 0.2) is 0 Å². The first-order valence-electron chi connectivity index (χ1n) is 30.2. The highest BCUT2D eigenvalue weighted by atomic mass is 15.0. The normalized spacial score (nSPS) is 19.3. The Morgan fingerprint density at radius 2 is 0.988 bits per heavy atom. The molecule has 3 heteroatoms. The largest absolute Gasteiger partial charge is 0.309 e. The lowest BCUT2D eigenvalue weighted by Gasteiger charge is -2.30. The van der Waals surface area contributed by atoms with Crippen LogP contribution in [0.1, 0.15) is 77.5 Å². The molecule has 404 valence electrons. The van der Waals surface area contributed by atoms with E-state index in [-0.39, 0.29) is 17.8 Å². The van der Waals surface area contributed by atoms with Gasteiger partial charge in [-0.25, -0.2) is 9.98 Å². The summed E-state index contributed by atoms with van der Waals surface area (Å²) in [5.41, 5.74) is 27.5. The minimum absolute atomic E-state index is 0.0263. The van der Waals surface area contributed by atoms with Gasteiger partial charge in [-0.2, -0.15) is 0 Å². The summed E-state index contributed by atoms with van der Waals surface area (Å²) in [4.78, 5) is 11.9. The van der Waals surface area contributed by atoms with Crippen molar-refractivity contribution in [3.63, 3.8) is 0 Å². The molecule has 0 fully saturated rings. The average Bonchev–Trinajstić information content (AvgIpc) is 1.85. The number of amidine groups is 1. The summed E-state index contributed by atoms with van der Waals surface area (Å²) in [7, 11) is 0. The van der Waals surface area contributed by atoms with Crippen molar-refractivity contribution in [3.05, 3.63) is 312 Å². The Morgan fingerprint density at radius 3 is 1.67 bits per heavy atom. The second kappa shape index (κ2) is 21.9. The van der Waals surface area contributed by atoms with Crippen LogP contribution in [0.15, 0.2) is 283 Å². The summed E-state index contributed by atoms with van der Waals surface area (Å²) >= 11 is 0. The number of para-hydroxylation sites is 2. The van der Waals surface area contributed by atoms with Crippen LogP contribution in [0.5, 0.6) is 0 Å². The van der Waals surface area contributed by atoms with Crippen LogP contribution in [0.2, 0.25) is 0 Å². The van der Waals surface area contributed by atoms with Gasteiger partial charge in [0, 0.05) is 28.2 Å². The average molecular weight is 1080 g/mol. The SMILES string of the molecule is CC1C/C=C(c2ccc(-c3ccccc3)cc2)/N=C(C2Cc3ccccc3-c3cc(-n4c5ccccc5c5ccccc54)c4c(c3C2C)CCC(Cc2ccc(-c3ccccc3)cc2)c2ccccc2-4)\N=C/1c1cccc(-c2ccccc2)c1. The van der Waals surface area contributed by atoms with Crippen molar-refractivity contribution >= 4 is 39.1 Å². The van der Waals surface area contributed by atoms with Crippen molar-refractivity contribution in [2.24, 2.45) is 21.8 Å². The number of hydrogen-bond acceptors (Lipinski definition) is 2. The van der Waals surface area contributed by atoms with E-state index in [1.165, 1.54) is 111 Å². The summed E-state index contributed by atoms with van der Waals surface area (Å²) in [6.07, 6.45) is 6.87. The van der Waals surface area contributed by atoms with Crippen LogP contribution < -0.4 is 0 Å². The van der Waals surface area contributed by atoms with Crippen molar-refractivity contribution in [2.45, 2.75) is 57.8 Å². The monoisotopic (exact) mass is 1080 g/mol. The Hall–Kier alpha value is -9.70. The molecule has 0 saturated carbocycles. The van der Waals surface area contributed by atoms with Crippen LogP contribution in [0.25, 0.3) is 88.8 Å². The van der Waals surface area contributed by atoms with Gasteiger partial charge in [0.1, 0.15) is 5.84 Å². The molecule has 4 unspecified atom stereocenters. The van der Waals surface area contributed by atoms with Gasteiger partial charge in [0.2, 0.25) is 0 Å². The molecule has 3 aliphatic rings. The van der Waals surface area contributed by atoms with Crippen LogP contribution in [-0.2, 0) is 19.3 Å². The Kier molecular flexibility index (Phi) is 13.3. The summed E-state index contributed by atoms with van der Waals surface area (Å²) in [6, 6.07) is 98.9. The van der Waals surface area contributed by atoms with Crippen LogP contribution >= 0.6 is 0 Å². The molecule has 84 heavy (non-hydrogen) atoms. The number of aliphatic imine (C=N–C) groups is 2. The zero-order valence-corrected chi connectivity index (χ0v) is 47.7. The third-order valence-electron chi connectivity index (χ3n) is 18.5. The third-order valence-corrected chi connectivity index (χ3v) is 18.5.